The second-order valence-electron chi connectivity index (χ2n) is 5.81. The highest BCUT2D eigenvalue weighted by Crippen LogP contribution is 2.28. The van der Waals surface area contributed by atoms with Gasteiger partial charge in [0.15, 0.2) is 0 Å². The molecular formula is C16H27FN2O. The summed E-state index contributed by atoms with van der Waals surface area (Å²) in [6.45, 7) is 11.8. The van der Waals surface area contributed by atoms with Gasteiger partial charge in [0.25, 0.3) is 0 Å². The second-order valence-corrected chi connectivity index (χ2v) is 5.81. The van der Waals surface area contributed by atoms with E-state index in [0.717, 1.165) is 24.3 Å². The zero-order chi connectivity index (χ0) is 15.3. The molecule has 0 fully saturated rings. The van der Waals surface area contributed by atoms with E-state index in [1.165, 1.54) is 6.07 Å². The molecule has 1 aromatic carbocycles. The lowest BCUT2D eigenvalue weighted by atomic mass is 10.0. The van der Waals surface area contributed by atoms with Gasteiger partial charge in [-0.15, -0.1) is 0 Å². The molecule has 0 radical (unpaired) electrons. The minimum Gasteiger partial charge on any atom is -0.389 e. The summed E-state index contributed by atoms with van der Waals surface area (Å²) in [6, 6.07) is 4.93. The molecule has 0 aliphatic rings. The van der Waals surface area contributed by atoms with Gasteiger partial charge < -0.3 is 15.3 Å². The van der Waals surface area contributed by atoms with Gasteiger partial charge in [0.1, 0.15) is 5.82 Å². The van der Waals surface area contributed by atoms with Crippen LogP contribution in [0.1, 0.15) is 46.2 Å². The normalized spacial score (nSPS) is 13.3. The summed E-state index contributed by atoms with van der Waals surface area (Å²) in [5.74, 6) is -0.229. The lowest BCUT2D eigenvalue weighted by Gasteiger charge is -2.32. The summed E-state index contributed by atoms with van der Waals surface area (Å²) in [7, 11) is 0. The van der Waals surface area contributed by atoms with Crippen LogP contribution in [0.15, 0.2) is 18.2 Å². The van der Waals surface area contributed by atoms with Crippen molar-refractivity contribution in [1.29, 1.82) is 0 Å². The Morgan fingerprint density at radius 3 is 2.50 bits per heavy atom. The average Bonchev–Trinajstić information content (AvgIpc) is 2.35. The van der Waals surface area contributed by atoms with Gasteiger partial charge in [-0.1, -0.05) is 6.92 Å². The molecule has 3 nitrogen and oxygen atoms in total. The van der Waals surface area contributed by atoms with Gasteiger partial charge in [-0.25, -0.2) is 4.39 Å². The van der Waals surface area contributed by atoms with Crippen molar-refractivity contribution < 1.29 is 9.50 Å². The summed E-state index contributed by atoms with van der Waals surface area (Å²) in [6.07, 6.45) is 0. The van der Waals surface area contributed by atoms with E-state index in [9.17, 15) is 9.50 Å². The fraction of sp³-hybridized carbons (Fsp3) is 0.625. The largest absolute Gasteiger partial charge is 0.389 e. The van der Waals surface area contributed by atoms with Crippen molar-refractivity contribution in [3.05, 3.63) is 29.6 Å². The van der Waals surface area contributed by atoms with Crippen LogP contribution in [0.4, 0.5) is 10.1 Å². The number of aliphatic hydroxyl groups is 1. The summed E-state index contributed by atoms with van der Waals surface area (Å²) in [5, 5.41) is 13.4. The van der Waals surface area contributed by atoms with Crippen molar-refractivity contribution in [2.24, 2.45) is 0 Å². The SMILES string of the molecule is CCNC(C)c1cc(F)ccc1N(CC)CC(C)(C)O. The standard InChI is InChI=1S/C16H27FN2O/c1-6-18-12(3)14-10-13(17)8-9-15(14)19(7-2)11-16(4,5)20/h8-10,12,18,20H,6-7,11H2,1-5H3. The first-order chi connectivity index (χ1) is 9.28. The lowest BCUT2D eigenvalue weighted by Crippen LogP contribution is -2.39. The Hall–Kier alpha value is -1.13. The van der Waals surface area contributed by atoms with Gasteiger partial charge in [0.2, 0.25) is 0 Å². The van der Waals surface area contributed by atoms with E-state index in [-0.39, 0.29) is 11.9 Å². The van der Waals surface area contributed by atoms with Crippen LogP contribution in [0.2, 0.25) is 0 Å². The molecule has 0 amide bonds. The third-order valence-electron chi connectivity index (χ3n) is 3.27. The molecule has 0 heterocycles. The number of halogens is 1. The molecule has 0 saturated carbocycles. The molecule has 0 bridgehead atoms. The van der Waals surface area contributed by atoms with Crippen LogP contribution in [0, 0.1) is 5.82 Å². The van der Waals surface area contributed by atoms with E-state index < -0.39 is 5.60 Å². The highest BCUT2D eigenvalue weighted by atomic mass is 19.1. The van der Waals surface area contributed by atoms with E-state index in [0.29, 0.717) is 6.54 Å². The quantitative estimate of drug-likeness (QED) is 0.806. The summed E-state index contributed by atoms with van der Waals surface area (Å²) < 4.78 is 13.6. The first kappa shape index (κ1) is 16.9. The monoisotopic (exact) mass is 282 g/mol. The predicted molar refractivity (Wildman–Crippen MR) is 82.7 cm³/mol. The molecule has 1 rings (SSSR count). The van der Waals surface area contributed by atoms with Crippen LogP contribution in [0.5, 0.6) is 0 Å². The zero-order valence-corrected chi connectivity index (χ0v) is 13.2. The molecule has 0 aromatic heterocycles. The Morgan fingerprint density at radius 1 is 1.35 bits per heavy atom. The Kier molecular flexibility index (Phi) is 5.96. The molecule has 0 aliphatic heterocycles. The van der Waals surface area contributed by atoms with Crippen molar-refractivity contribution in [3.63, 3.8) is 0 Å². The fourth-order valence-corrected chi connectivity index (χ4v) is 2.41. The minimum atomic E-state index is -0.789. The smallest absolute Gasteiger partial charge is 0.123 e. The maximum atomic E-state index is 13.6. The van der Waals surface area contributed by atoms with Gasteiger partial charge in [-0.3, -0.25) is 0 Å². The molecule has 1 unspecified atom stereocenters. The van der Waals surface area contributed by atoms with Crippen LogP contribution in [-0.4, -0.2) is 30.3 Å². The van der Waals surface area contributed by atoms with E-state index >= 15 is 0 Å². The summed E-state index contributed by atoms with van der Waals surface area (Å²) in [5.41, 5.74) is 1.12. The van der Waals surface area contributed by atoms with Gasteiger partial charge in [-0.05, 0) is 58.0 Å². The number of hydrogen-bond acceptors (Lipinski definition) is 3. The van der Waals surface area contributed by atoms with Gasteiger partial charge in [0, 0.05) is 24.8 Å². The van der Waals surface area contributed by atoms with Gasteiger partial charge >= 0.3 is 0 Å². The highest BCUT2D eigenvalue weighted by molar-refractivity contribution is 5.55. The molecule has 0 saturated heterocycles. The van der Waals surface area contributed by atoms with E-state index in [4.69, 9.17) is 0 Å². The van der Waals surface area contributed by atoms with Gasteiger partial charge in [-0.2, -0.15) is 0 Å². The predicted octanol–water partition coefficient (Wildman–Crippen LogP) is 3.09. The van der Waals surface area contributed by atoms with Crippen LogP contribution < -0.4 is 10.2 Å². The Balaban J connectivity index is 3.14. The summed E-state index contributed by atoms with van der Waals surface area (Å²) in [4.78, 5) is 2.09. The lowest BCUT2D eigenvalue weighted by molar-refractivity contribution is 0.0875. The van der Waals surface area contributed by atoms with Gasteiger partial charge in [0.05, 0.1) is 5.60 Å². The van der Waals surface area contributed by atoms with Crippen molar-refractivity contribution in [2.75, 3.05) is 24.5 Å². The van der Waals surface area contributed by atoms with E-state index in [1.807, 2.05) is 20.8 Å². The number of benzene rings is 1. The topological polar surface area (TPSA) is 35.5 Å². The van der Waals surface area contributed by atoms with E-state index in [1.54, 1.807) is 26.0 Å². The van der Waals surface area contributed by atoms with E-state index in [2.05, 4.69) is 10.2 Å². The molecule has 1 aromatic rings. The van der Waals surface area contributed by atoms with Crippen LogP contribution in [-0.2, 0) is 0 Å². The second kappa shape index (κ2) is 7.04. The van der Waals surface area contributed by atoms with Crippen LogP contribution in [0.25, 0.3) is 0 Å². The first-order valence-corrected chi connectivity index (χ1v) is 7.28. The molecule has 2 N–H and O–H groups in total. The third-order valence-corrected chi connectivity index (χ3v) is 3.27. The number of rotatable bonds is 7. The molecule has 4 heteroatoms. The number of likely N-dealkylation sites (N-methyl/N-ethyl adjacent to an activating group) is 1. The molecule has 20 heavy (non-hydrogen) atoms. The number of nitrogens with zero attached hydrogens (tertiary/aromatic N) is 1. The number of nitrogens with one attached hydrogen (secondary N) is 1. The molecule has 1 atom stereocenters. The first-order valence-electron chi connectivity index (χ1n) is 7.28. The highest BCUT2D eigenvalue weighted by Gasteiger charge is 2.21. The molecular weight excluding hydrogens is 255 g/mol. The minimum absolute atomic E-state index is 0.0709. The van der Waals surface area contributed by atoms with Crippen molar-refractivity contribution in [1.82, 2.24) is 5.32 Å². The average molecular weight is 282 g/mol. The maximum Gasteiger partial charge on any atom is 0.123 e. The van der Waals surface area contributed by atoms with Crippen molar-refractivity contribution in [3.8, 4) is 0 Å². The summed E-state index contributed by atoms with van der Waals surface area (Å²) >= 11 is 0. The van der Waals surface area contributed by atoms with Crippen molar-refractivity contribution in [2.45, 2.75) is 46.3 Å². The van der Waals surface area contributed by atoms with Crippen molar-refractivity contribution >= 4 is 5.69 Å². The Bertz CT molecular complexity index is 429. The van der Waals surface area contributed by atoms with Crippen LogP contribution >= 0.6 is 0 Å². The number of anilines is 1. The Morgan fingerprint density at radius 2 is 2.00 bits per heavy atom. The molecule has 0 aliphatic carbocycles. The van der Waals surface area contributed by atoms with Crippen LogP contribution in [0.3, 0.4) is 0 Å². The third kappa shape index (κ3) is 4.76. The fourth-order valence-electron chi connectivity index (χ4n) is 2.41. The molecule has 114 valence electrons. The zero-order valence-electron chi connectivity index (χ0n) is 13.2. The number of hydrogen-bond donors (Lipinski definition) is 2. The molecule has 0 spiro atoms. The maximum absolute atomic E-state index is 13.6. The Labute approximate surface area is 121 Å².